The zero-order chi connectivity index (χ0) is 18.6. The van der Waals surface area contributed by atoms with Crippen LogP contribution in [0.15, 0.2) is 78.9 Å². The van der Waals surface area contributed by atoms with Gasteiger partial charge in [0.25, 0.3) is 0 Å². The van der Waals surface area contributed by atoms with Crippen molar-refractivity contribution in [2.45, 2.75) is 34.1 Å². The van der Waals surface area contributed by atoms with Gasteiger partial charge in [0.1, 0.15) is 0 Å². The fraction of sp³-hybridized carbons (Fsp3) is 0.200. The van der Waals surface area contributed by atoms with Crippen molar-refractivity contribution >= 4 is 11.6 Å². The summed E-state index contributed by atoms with van der Waals surface area (Å²) in [5, 5.41) is 0. The van der Waals surface area contributed by atoms with Gasteiger partial charge in [-0.15, -0.1) is 0 Å². The molecule has 0 saturated heterocycles. The first kappa shape index (κ1) is 18.7. The van der Waals surface area contributed by atoms with Crippen LogP contribution in [0.25, 0.3) is 22.8 Å². The maximum absolute atomic E-state index is 4.12. The van der Waals surface area contributed by atoms with Gasteiger partial charge in [0, 0.05) is 0 Å². The third kappa shape index (κ3) is 4.93. The summed E-state index contributed by atoms with van der Waals surface area (Å²) in [7, 11) is 0. The summed E-state index contributed by atoms with van der Waals surface area (Å²) in [5.74, 6) is 0. The summed E-state index contributed by atoms with van der Waals surface area (Å²) >= 11 is 0. The van der Waals surface area contributed by atoms with Gasteiger partial charge >= 0.3 is 0 Å². The molecule has 0 saturated carbocycles. The largest absolute Gasteiger partial charge is 0.0998 e. The third-order valence-electron chi connectivity index (χ3n) is 4.36. The highest BCUT2D eigenvalue weighted by Gasteiger charge is 2.05. The molecule has 0 aliphatic heterocycles. The maximum atomic E-state index is 4.12. The van der Waals surface area contributed by atoms with Crippen molar-refractivity contribution in [3.05, 3.63) is 95.6 Å². The van der Waals surface area contributed by atoms with E-state index in [2.05, 4.69) is 89.0 Å². The summed E-state index contributed by atoms with van der Waals surface area (Å²) in [6, 6.07) is 15.2. The van der Waals surface area contributed by atoms with Crippen LogP contribution in [0.4, 0.5) is 0 Å². The standard InChI is InChI=1S/C25H28/c1-17(2)14-24(19(5)6)16-25-15-23(9-8-20(25)7)22-12-10-21(11-13-22)18(3)4/h8-13,15-16H,1,3,5,14H2,2,4,6-7H3/b24-16+. The van der Waals surface area contributed by atoms with Crippen LogP contribution >= 0.6 is 0 Å². The molecule has 0 unspecified atom stereocenters. The summed E-state index contributed by atoms with van der Waals surface area (Å²) in [4.78, 5) is 0. The molecule has 2 aromatic carbocycles. The number of hydrogen-bond donors (Lipinski definition) is 0. The van der Waals surface area contributed by atoms with Gasteiger partial charge in [-0.1, -0.05) is 78.9 Å². The van der Waals surface area contributed by atoms with Crippen molar-refractivity contribution in [1.82, 2.24) is 0 Å². The Kier molecular flexibility index (Phi) is 5.98. The lowest BCUT2D eigenvalue weighted by atomic mass is 9.94. The van der Waals surface area contributed by atoms with Gasteiger partial charge in [0.2, 0.25) is 0 Å². The number of aryl methyl sites for hydroxylation is 1. The molecule has 0 fully saturated rings. The molecule has 0 amide bonds. The van der Waals surface area contributed by atoms with E-state index in [1.165, 1.54) is 33.4 Å². The van der Waals surface area contributed by atoms with Crippen LogP contribution in [-0.4, -0.2) is 0 Å². The first-order valence-electron chi connectivity index (χ1n) is 8.65. The van der Waals surface area contributed by atoms with E-state index in [9.17, 15) is 0 Å². The highest BCUT2D eigenvalue weighted by Crippen LogP contribution is 2.27. The Morgan fingerprint density at radius 3 is 2.00 bits per heavy atom. The molecule has 2 aromatic rings. The predicted molar refractivity (Wildman–Crippen MR) is 114 cm³/mol. The predicted octanol–water partition coefficient (Wildman–Crippen LogP) is 7.62. The molecule has 0 aliphatic rings. The average Bonchev–Trinajstić information content (AvgIpc) is 2.55. The topological polar surface area (TPSA) is 0 Å². The fourth-order valence-electron chi connectivity index (χ4n) is 2.76. The molecule has 128 valence electrons. The molecular weight excluding hydrogens is 300 g/mol. The Morgan fingerprint density at radius 1 is 0.880 bits per heavy atom. The summed E-state index contributed by atoms with van der Waals surface area (Å²) in [6.45, 7) is 20.5. The Hall–Kier alpha value is -2.60. The van der Waals surface area contributed by atoms with E-state index in [0.29, 0.717) is 0 Å². The van der Waals surface area contributed by atoms with E-state index in [0.717, 1.165) is 23.1 Å². The SMILES string of the molecule is C=C(C)C/C(=C\c1cc(-c2ccc(C(=C)C)cc2)ccc1C)C(=C)C. The second-order valence-corrected chi connectivity index (χ2v) is 7.01. The lowest BCUT2D eigenvalue weighted by Gasteiger charge is -2.11. The van der Waals surface area contributed by atoms with Crippen LogP contribution in [0, 0.1) is 6.92 Å². The second-order valence-electron chi connectivity index (χ2n) is 7.01. The van der Waals surface area contributed by atoms with Crippen molar-refractivity contribution < 1.29 is 0 Å². The van der Waals surface area contributed by atoms with E-state index in [1.54, 1.807) is 0 Å². The minimum Gasteiger partial charge on any atom is -0.0998 e. The minimum absolute atomic E-state index is 0.867. The van der Waals surface area contributed by atoms with Crippen LogP contribution in [0.5, 0.6) is 0 Å². The molecule has 0 nitrogen and oxygen atoms in total. The van der Waals surface area contributed by atoms with Gasteiger partial charge in [-0.05, 0) is 73.6 Å². The molecule has 25 heavy (non-hydrogen) atoms. The molecule has 0 N–H and O–H groups in total. The van der Waals surface area contributed by atoms with Gasteiger partial charge in [0.15, 0.2) is 0 Å². The lowest BCUT2D eigenvalue weighted by molar-refractivity contribution is 1.13. The van der Waals surface area contributed by atoms with Gasteiger partial charge in [0.05, 0.1) is 0 Å². The zero-order valence-electron chi connectivity index (χ0n) is 15.9. The highest BCUT2D eigenvalue weighted by atomic mass is 14.1. The summed E-state index contributed by atoms with van der Waals surface area (Å²) in [5.41, 5.74) is 10.7. The van der Waals surface area contributed by atoms with E-state index < -0.39 is 0 Å². The normalized spacial score (nSPS) is 11.3. The minimum atomic E-state index is 0.867. The monoisotopic (exact) mass is 328 g/mol. The molecule has 0 atom stereocenters. The smallest absolute Gasteiger partial charge is 0.00699 e. The van der Waals surface area contributed by atoms with Gasteiger partial charge < -0.3 is 0 Å². The van der Waals surface area contributed by atoms with Crippen molar-refractivity contribution in [3.8, 4) is 11.1 Å². The Morgan fingerprint density at radius 2 is 1.48 bits per heavy atom. The lowest BCUT2D eigenvalue weighted by Crippen LogP contribution is -1.90. The third-order valence-corrected chi connectivity index (χ3v) is 4.36. The van der Waals surface area contributed by atoms with E-state index in [1.807, 2.05) is 6.92 Å². The molecule has 0 spiro atoms. The zero-order valence-corrected chi connectivity index (χ0v) is 15.9. The van der Waals surface area contributed by atoms with Crippen LogP contribution in [0.3, 0.4) is 0 Å². The first-order valence-corrected chi connectivity index (χ1v) is 8.65. The quantitative estimate of drug-likeness (QED) is 0.378. The highest BCUT2D eigenvalue weighted by molar-refractivity contribution is 5.72. The number of allylic oxidation sites excluding steroid dienone is 4. The molecule has 0 radical (unpaired) electrons. The summed E-state index contributed by atoms with van der Waals surface area (Å²) in [6.07, 6.45) is 3.12. The molecule has 0 aliphatic carbocycles. The van der Waals surface area contributed by atoms with Crippen molar-refractivity contribution in [2.24, 2.45) is 0 Å². The van der Waals surface area contributed by atoms with E-state index >= 15 is 0 Å². The van der Waals surface area contributed by atoms with Crippen LogP contribution in [0.1, 0.15) is 43.9 Å². The van der Waals surface area contributed by atoms with Crippen LogP contribution < -0.4 is 0 Å². The average molecular weight is 328 g/mol. The van der Waals surface area contributed by atoms with Crippen LogP contribution in [-0.2, 0) is 0 Å². The van der Waals surface area contributed by atoms with Gasteiger partial charge in [-0.3, -0.25) is 0 Å². The number of benzene rings is 2. The maximum Gasteiger partial charge on any atom is -0.00699 e. The number of hydrogen-bond acceptors (Lipinski definition) is 0. The van der Waals surface area contributed by atoms with E-state index in [-0.39, 0.29) is 0 Å². The van der Waals surface area contributed by atoms with E-state index in [4.69, 9.17) is 0 Å². The Labute approximate surface area is 152 Å². The molecule has 0 heterocycles. The Bertz CT molecular complexity index is 842. The van der Waals surface area contributed by atoms with Crippen molar-refractivity contribution in [2.75, 3.05) is 0 Å². The van der Waals surface area contributed by atoms with Crippen molar-refractivity contribution in [1.29, 1.82) is 0 Å². The molecule has 0 bridgehead atoms. The van der Waals surface area contributed by atoms with Gasteiger partial charge in [-0.25, -0.2) is 0 Å². The van der Waals surface area contributed by atoms with Crippen LogP contribution in [0.2, 0.25) is 0 Å². The number of rotatable bonds is 6. The molecule has 2 rings (SSSR count). The summed E-state index contributed by atoms with van der Waals surface area (Å²) < 4.78 is 0. The second kappa shape index (κ2) is 7.98. The first-order chi connectivity index (χ1) is 11.8. The fourth-order valence-corrected chi connectivity index (χ4v) is 2.76. The van der Waals surface area contributed by atoms with Crippen molar-refractivity contribution in [3.63, 3.8) is 0 Å². The molecule has 0 heteroatoms. The molecular formula is C25H28. The molecule has 0 aromatic heterocycles. The van der Waals surface area contributed by atoms with Gasteiger partial charge in [-0.2, -0.15) is 0 Å². The Balaban J connectivity index is 2.44.